The molecule has 8 nitrogen and oxygen atoms in total. The van der Waals surface area contributed by atoms with Crippen molar-refractivity contribution in [1.82, 2.24) is 15.3 Å². The Morgan fingerprint density at radius 2 is 1.69 bits per heavy atom. The molecule has 3 aromatic rings. The van der Waals surface area contributed by atoms with Crippen LogP contribution in [0.2, 0.25) is 0 Å². The lowest BCUT2D eigenvalue weighted by Gasteiger charge is -2.14. The van der Waals surface area contributed by atoms with Gasteiger partial charge in [-0.2, -0.15) is 13.2 Å². The second-order valence-corrected chi connectivity index (χ2v) is 6.47. The molecule has 0 unspecified atom stereocenters. The van der Waals surface area contributed by atoms with Crippen molar-refractivity contribution in [3.63, 3.8) is 0 Å². The maximum absolute atomic E-state index is 12.8. The molecule has 166 valence electrons. The highest BCUT2D eigenvalue weighted by molar-refractivity contribution is 6.08. The first-order valence-electron chi connectivity index (χ1n) is 9.48. The van der Waals surface area contributed by atoms with E-state index in [4.69, 9.17) is 0 Å². The molecule has 11 heteroatoms. The van der Waals surface area contributed by atoms with Gasteiger partial charge in [0.1, 0.15) is 11.5 Å². The summed E-state index contributed by atoms with van der Waals surface area (Å²) in [6.07, 6.45) is -2.41. The number of anilines is 4. The molecule has 0 aliphatic heterocycles. The Balaban J connectivity index is 1.86. The van der Waals surface area contributed by atoms with Crippen LogP contribution in [0.15, 0.2) is 60.9 Å². The predicted molar refractivity (Wildman–Crippen MR) is 114 cm³/mol. The van der Waals surface area contributed by atoms with Crippen LogP contribution in [0.3, 0.4) is 0 Å². The maximum Gasteiger partial charge on any atom is 0.433 e. The van der Waals surface area contributed by atoms with Gasteiger partial charge in [-0.1, -0.05) is 18.2 Å². The number of pyridine rings is 2. The Hall–Kier alpha value is -4.15. The van der Waals surface area contributed by atoms with Gasteiger partial charge >= 0.3 is 12.2 Å². The fraction of sp³-hybridized carbons (Fsp3) is 0.143. The Morgan fingerprint density at radius 1 is 0.938 bits per heavy atom. The molecule has 0 saturated heterocycles. The molecule has 0 fully saturated rings. The number of nitrogens with one attached hydrogen (secondary N) is 4. The standard InChI is InChI=1S/C21H19F3N6O2/c1-2-25-20(32)30-18-10-16(28-13-6-4-3-5-7-13)15(12-27-18)19(31)29-14-8-9-17(26-11-14)21(22,23)24/h3-12H,2H2,1H3,(H,29,31)(H3,25,27,28,30,32). The zero-order chi connectivity index (χ0) is 23.1. The molecule has 32 heavy (non-hydrogen) atoms. The molecule has 1 aromatic carbocycles. The van der Waals surface area contributed by atoms with Crippen LogP contribution in [0, 0.1) is 0 Å². The summed E-state index contributed by atoms with van der Waals surface area (Å²) in [4.78, 5) is 32.0. The molecular weight excluding hydrogens is 425 g/mol. The normalized spacial score (nSPS) is 10.9. The van der Waals surface area contributed by atoms with Gasteiger partial charge in [-0.25, -0.2) is 14.8 Å². The van der Waals surface area contributed by atoms with E-state index in [9.17, 15) is 22.8 Å². The van der Waals surface area contributed by atoms with Gasteiger partial charge in [0.05, 0.1) is 23.1 Å². The van der Waals surface area contributed by atoms with Gasteiger partial charge in [-0.05, 0) is 31.2 Å². The van der Waals surface area contributed by atoms with E-state index in [1.54, 1.807) is 31.2 Å². The molecule has 0 radical (unpaired) electrons. The van der Waals surface area contributed by atoms with Crippen molar-refractivity contribution in [3.05, 3.63) is 72.2 Å². The Morgan fingerprint density at radius 3 is 2.31 bits per heavy atom. The van der Waals surface area contributed by atoms with E-state index in [0.29, 0.717) is 17.9 Å². The van der Waals surface area contributed by atoms with E-state index in [1.807, 2.05) is 6.07 Å². The van der Waals surface area contributed by atoms with Crippen molar-refractivity contribution >= 4 is 34.8 Å². The second-order valence-electron chi connectivity index (χ2n) is 6.47. The summed E-state index contributed by atoms with van der Waals surface area (Å²) in [6.45, 7) is 2.18. The van der Waals surface area contributed by atoms with Crippen LogP contribution in [0.5, 0.6) is 0 Å². The number of carbonyl (C=O) groups is 2. The summed E-state index contributed by atoms with van der Waals surface area (Å²) < 4.78 is 38.0. The third-order valence-corrected chi connectivity index (χ3v) is 4.09. The maximum atomic E-state index is 12.8. The zero-order valence-corrected chi connectivity index (χ0v) is 16.8. The van der Waals surface area contributed by atoms with E-state index in [-0.39, 0.29) is 17.1 Å². The number of para-hydroxylation sites is 1. The number of rotatable bonds is 6. The first kappa shape index (κ1) is 22.5. The van der Waals surface area contributed by atoms with Crippen LogP contribution < -0.4 is 21.3 Å². The SMILES string of the molecule is CCNC(=O)Nc1cc(Nc2ccccc2)c(C(=O)Nc2ccc(C(F)(F)F)nc2)cn1. The summed E-state index contributed by atoms with van der Waals surface area (Å²) in [7, 11) is 0. The third kappa shape index (κ3) is 5.94. The molecule has 0 bridgehead atoms. The number of urea groups is 1. The zero-order valence-electron chi connectivity index (χ0n) is 16.8. The van der Waals surface area contributed by atoms with Gasteiger partial charge < -0.3 is 16.0 Å². The number of hydrogen-bond donors (Lipinski definition) is 4. The minimum atomic E-state index is -4.58. The molecule has 3 amide bonds. The lowest BCUT2D eigenvalue weighted by molar-refractivity contribution is -0.141. The van der Waals surface area contributed by atoms with Gasteiger partial charge in [0.2, 0.25) is 0 Å². The fourth-order valence-corrected chi connectivity index (χ4v) is 2.64. The van der Waals surface area contributed by atoms with Crippen molar-refractivity contribution in [3.8, 4) is 0 Å². The number of hydrogen-bond acceptors (Lipinski definition) is 5. The summed E-state index contributed by atoms with van der Waals surface area (Å²) in [5.41, 5.74) is 0.126. The van der Waals surface area contributed by atoms with Crippen LogP contribution >= 0.6 is 0 Å². The number of halogens is 3. The number of benzene rings is 1. The van der Waals surface area contributed by atoms with Gasteiger partial charge in [0.25, 0.3) is 5.91 Å². The number of amides is 3. The van der Waals surface area contributed by atoms with Gasteiger partial charge in [0, 0.05) is 24.5 Å². The monoisotopic (exact) mass is 444 g/mol. The summed E-state index contributed by atoms with van der Waals surface area (Å²) in [5, 5.41) is 10.7. The van der Waals surface area contributed by atoms with Crippen LogP contribution in [0.4, 0.5) is 40.8 Å². The number of aromatic nitrogens is 2. The Labute approximate surface area is 181 Å². The van der Waals surface area contributed by atoms with Crippen LogP contribution in [-0.4, -0.2) is 28.5 Å². The van der Waals surface area contributed by atoms with E-state index in [0.717, 1.165) is 18.3 Å². The van der Waals surface area contributed by atoms with Crippen molar-refractivity contribution in [2.45, 2.75) is 13.1 Å². The Bertz CT molecular complexity index is 1090. The summed E-state index contributed by atoms with van der Waals surface area (Å²) in [6, 6.07) is 11.9. The highest BCUT2D eigenvalue weighted by Gasteiger charge is 2.32. The molecular formula is C21H19F3N6O2. The molecule has 0 spiro atoms. The van der Waals surface area contributed by atoms with Crippen LogP contribution in [-0.2, 0) is 6.18 Å². The first-order chi connectivity index (χ1) is 15.3. The van der Waals surface area contributed by atoms with Crippen molar-refractivity contribution in [2.75, 3.05) is 22.5 Å². The number of alkyl halides is 3. The molecule has 0 atom stereocenters. The molecule has 2 heterocycles. The fourth-order valence-electron chi connectivity index (χ4n) is 2.64. The second kappa shape index (κ2) is 9.77. The average Bonchev–Trinajstić information content (AvgIpc) is 2.74. The molecule has 0 saturated carbocycles. The summed E-state index contributed by atoms with van der Waals surface area (Å²) >= 11 is 0. The van der Waals surface area contributed by atoms with Gasteiger partial charge in [-0.3, -0.25) is 10.1 Å². The van der Waals surface area contributed by atoms with Crippen molar-refractivity contribution in [2.24, 2.45) is 0 Å². The van der Waals surface area contributed by atoms with Crippen LogP contribution in [0.1, 0.15) is 23.0 Å². The minimum Gasteiger partial charge on any atom is -0.355 e. The highest BCUT2D eigenvalue weighted by Crippen LogP contribution is 2.28. The third-order valence-electron chi connectivity index (χ3n) is 4.09. The summed E-state index contributed by atoms with van der Waals surface area (Å²) in [5.74, 6) is -0.427. The highest BCUT2D eigenvalue weighted by atomic mass is 19.4. The van der Waals surface area contributed by atoms with E-state index in [2.05, 4.69) is 31.2 Å². The lowest BCUT2D eigenvalue weighted by atomic mass is 10.2. The first-order valence-corrected chi connectivity index (χ1v) is 9.48. The van der Waals surface area contributed by atoms with E-state index < -0.39 is 23.8 Å². The topological polar surface area (TPSA) is 108 Å². The van der Waals surface area contributed by atoms with E-state index >= 15 is 0 Å². The quantitative estimate of drug-likeness (QED) is 0.443. The van der Waals surface area contributed by atoms with E-state index in [1.165, 1.54) is 12.3 Å². The molecule has 4 N–H and O–H groups in total. The van der Waals surface area contributed by atoms with Crippen LogP contribution in [0.25, 0.3) is 0 Å². The average molecular weight is 444 g/mol. The van der Waals surface area contributed by atoms with Crippen molar-refractivity contribution in [1.29, 1.82) is 0 Å². The lowest BCUT2D eigenvalue weighted by Crippen LogP contribution is -2.28. The molecule has 2 aromatic heterocycles. The molecule has 0 aliphatic carbocycles. The number of carbonyl (C=O) groups excluding carboxylic acids is 2. The minimum absolute atomic E-state index is 0.0817. The van der Waals surface area contributed by atoms with Gasteiger partial charge in [0.15, 0.2) is 0 Å². The number of nitrogens with zero attached hydrogens (tertiary/aromatic N) is 2. The largest absolute Gasteiger partial charge is 0.433 e. The Kier molecular flexibility index (Phi) is 6.88. The smallest absolute Gasteiger partial charge is 0.355 e. The van der Waals surface area contributed by atoms with Crippen molar-refractivity contribution < 1.29 is 22.8 Å². The predicted octanol–water partition coefficient (Wildman–Crippen LogP) is 4.63. The molecule has 3 rings (SSSR count). The molecule has 0 aliphatic rings. The van der Waals surface area contributed by atoms with Gasteiger partial charge in [-0.15, -0.1) is 0 Å².